The van der Waals surface area contributed by atoms with Crippen LogP contribution in [0.15, 0.2) is 30.3 Å². The van der Waals surface area contributed by atoms with E-state index in [4.69, 9.17) is 5.11 Å². The Labute approximate surface area is 86.0 Å². The average Bonchev–Trinajstić information content (AvgIpc) is 2.17. The first-order valence-electron chi connectivity index (χ1n) is 4.52. The highest BCUT2D eigenvalue weighted by molar-refractivity contribution is 6.05. The second-order valence-corrected chi connectivity index (χ2v) is 3.40. The van der Waals surface area contributed by atoms with Crippen molar-refractivity contribution in [3.05, 3.63) is 47.3 Å². The molecule has 3 heteroatoms. The molecule has 0 aliphatic heterocycles. The third kappa shape index (κ3) is 1.46. The Bertz CT molecular complexity index is 547. The molecule has 0 amide bonds. The number of halogens is 1. The van der Waals surface area contributed by atoms with Crippen molar-refractivity contribution in [1.29, 1.82) is 0 Å². The first-order valence-corrected chi connectivity index (χ1v) is 4.52. The Balaban J connectivity index is 2.94. The van der Waals surface area contributed by atoms with Gasteiger partial charge in [-0.1, -0.05) is 24.3 Å². The molecule has 0 aliphatic carbocycles. The van der Waals surface area contributed by atoms with E-state index in [1.165, 1.54) is 12.1 Å². The van der Waals surface area contributed by atoms with Gasteiger partial charge in [-0.3, -0.25) is 0 Å². The lowest BCUT2D eigenvalue weighted by atomic mass is 9.99. The Morgan fingerprint density at radius 1 is 1.20 bits per heavy atom. The summed E-state index contributed by atoms with van der Waals surface area (Å²) in [6.07, 6.45) is 0. The Morgan fingerprint density at radius 3 is 2.60 bits per heavy atom. The van der Waals surface area contributed by atoms with Crippen LogP contribution in [0.5, 0.6) is 0 Å². The molecule has 0 saturated heterocycles. The average molecular weight is 204 g/mol. The van der Waals surface area contributed by atoms with Crippen molar-refractivity contribution in [2.24, 2.45) is 0 Å². The van der Waals surface area contributed by atoms with Crippen LogP contribution in [0.2, 0.25) is 0 Å². The number of carboxylic acids is 1. The van der Waals surface area contributed by atoms with Gasteiger partial charge in [-0.15, -0.1) is 0 Å². The van der Waals surface area contributed by atoms with Crippen LogP contribution in [0.4, 0.5) is 4.39 Å². The van der Waals surface area contributed by atoms with Gasteiger partial charge in [0.15, 0.2) is 0 Å². The molecule has 76 valence electrons. The summed E-state index contributed by atoms with van der Waals surface area (Å²) in [7, 11) is 0. The highest BCUT2D eigenvalue weighted by Crippen LogP contribution is 2.24. The molecule has 0 fully saturated rings. The van der Waals surface area contributed by atoms with Gasteiger partial charge < -0.3 is 5.11 Å². The van der Waals surface area contributed by atoms with Crippen LogP contribution in [-0.4, -0.2) is 11.1 Å². The van der Waals surface area contributed by atoms with Crippen LogP contribution < -0.4 is 0 Å². The fourth-order valence-electron chi connectivity index (χ4n) is 1.71. The van der Waals surface area contributed by atoms with E-state index < -0.39 is 11.8 Å². The number of carbonyl (C=O) groups is 1. The van der Waals surface area contributed by atoms with E-state index in [0.717, 1.165) is 0 Å². The number of aromatic carboxylic acids is 1. The van der Waals surface area contributed by atoms with Gasteiger partial charge in [-0.25, -0.2) is 9.18 Å². The van der Waals surface area contributed by atoms with Crippen molar-refractivity contribution < 1.29 is 14.3 Å². The molecule has 0 aliphatic rings. The number of hydrogen-bond acceptors (Lipinski definition) is 1. The highest BCUT2D eigenvalue weighted by Gasteiger charge is 2.12. The van der Waals surface area contributed by atoms with E-state index in [1.54, 1.807) is 25.1 Å². The van der Waals surface area contributed by atoms with Crippen LogP contribution in [0.3, 0.4) is 0 Å². The minimum atomic E-state index is -1.02. The van der Waals surface area contributed by atoms with Gasteiger partial charge in [0.1, 0.15) is 5.82 Å². The smallest absolute Gasteiger partial charge is 0.336 e. The zero-order valence-corrected chi connectivity index (χ0v) is 8.12. The van der Waals surface area contributed by atoms with Gasteiger partial charge in [0, 0.05) is 5.39 Å². The fraction of sp³-hybridized carbons (Fsp3) is 0.0833. The van der Waals surface area contributed by atoms with E-state index in [9.17, 15) is 9.18 Å². The molecule has 2 nitrogen and oxygen atoms in total. The Hall–Kier alpha value is -1.90. The SMILES string of the molecule is Cc1ccc2c(F)cccc2c1C(=O)O. The number of rotatable bonds is 1. The minimum absolute atomic E-state index is 0.173. The maximum Gasteiger partial charge on any atom is 0.336 e. The normalized spacial score (nSPS) is 10.5. The molecule has 0 heterocycles. The van der Waals surface area contributed by atoms with Gasteiger partial charge >= 0.3 is 5.97 Å². The van der Waals surface area contributed by atoms with Crippen molar-refractivity contribution in [3.8, 4) is 0 Å². The van der Waals surface area contributed by atoms with E-state index >= 15 is 0 Å². The van der Waals surface area contributed by atoms with Crippen molar-refractivity contribution >= 4 is 16.7 Å². The quantitative estimate of drug-likeness (QED) is 0.775. The van der Waals surface area contributed by atoms with Gasteiger partial charge in [0.25, 0.3) is 0 Å². The third-order valence-electron chi connectivity index (χ3n) is 2.43. The molecule has 2 aromatic rings. The molecule has 1 N–H and O–H groups in total. The molecule has 0 atom stereocenters. The molecule has 0 aromatic heterocycles. The lowest BCUT2D eigenvalue weighted by Gasteiger charge is -2.06. The van der Waals surface area contributed by atoms with Crippen LogP contribution >= 0.6 is 0 Å². The molecule has 2 aromatic carbocycles. The lowest BCUT2D eigenvalue weighted by Crippen LogP contribution is -2.01. The second-order valence-electron chi connectivity index (χ2n) is 3.40. The van der Waals surface area contributed by atoms with E-state index in [-0.39, 0.29) is 5.56 Å². The van der Waals surface area contributed by atoms with Crippen molar-refractivity contribution in [3.63, 3.8) is 0 Å². The van der Waals surface area contributed by atoms with Gasteiger partial charge in [-0.2, -0.15) is 0 Å². The molecule has 0 unspecified atom stereocenters. The molecule has 0 radical (unpaired) electrons. The Kier molecular flexibility index (Phi) is 2.15. The third-order valence-corrected chi connectivity index (χ3v) is 2.43. The number of hydrogen-bond donors (Lipinski definition) is 1. The number of aryl methyl sites for hydroxylation is 1. The summed E-state index contributed by atoms with van der Waals surface area (Å²) in [4.78, 5) is 11.0. The molecule has 2 rings (SSSR count). The molecule has 0 bridgehead atoms. The number of benzene rings is 2. The maximum absolute atomic E-state index is 13.4. The summed E-state index contributed by atoms with van der Waals surface area (Å²) in [6.45, 7) is 1.70. The van der Waals surface area contributed by atoms with E-state index in [2.05, 4.69) is 0 Å². The van der Waals surface area contributed by atoms with Crippen LogP contribution in [0, 0.1) is 12.7 Å². The summed E-state index contributed by atoms with van der Waals surface area (Å²) >= 11 is 0. The predicted octanol–water partition coefficient (Wildman–Crippen LogP) is 2.99. The summed E-state index contributed by atoms with van der Waals surface area (Å²) in [5.41, 5.74) is 0.813. The summed E-state index contributed by atoms with van der Waals surface area (Å²) < 4.78 is 13.4. The predicted molar refractivity (Wildman–Crippen MR) is 55.6 cm³/mol. The van der Waals surface area contributed by atoms with Crippen LogP contribution in [0.1, 0.15) is 15.9 Å². The zero-order valence-electron chi connectivity index (χ0n) is 8.12. The Morgan fingerprint density at radius 2 is 1.93 bits per heavy atom. The van der Waals surface area contributed by atoms with Crippen LogP contribution in [0.25, 0.3) is 10.8 Å². The van der Waals surface area contributed by atoms with Gasteiger partial charge in [-0.05, 0) is 23.9 Å². The molecule has 0 saturated carbocycles. The largest absolute Gasteiger partial charge is 0.478 e. The fourth-order valence-corrected chi connectivity index (χ4v) is 1.71. The summed E-state index contributed by atoms with van der Waals surface area (Å²) in [5, 5.41) is 9.83. The highest BCUT2D eigenvalue weighted by atomic mass is 19.1. The van der Waals surface area contributed by atoms with Gasteiger partial charge in [0.2, 0.25) is 0 Å². The minimum Gasteiger partial charge on any atom is -0.478 e. The molecule has 0 spiro atoms. The van der Waals surface area contributed by atoms with Crippen LogP contribution in [-0.2, 0) is 0 Å². The monoisotopic (exact) mass is 204 g/mol. The van der Waals surface area contributed by atoms with Crippen molar-refractivity contribution in [2.75, 3.05) is 0 Å². The summed E-state index contributed by atoms with van der Waals surface area (Å²) in [5.74, 6) is -1.42. The van der Waals surface area contributed by atoms with E-state index in [1.807, 2.05) is 0 Å². The standard InChI is InChI=1S/C12H9FO2/c1-7-5-6-8-9(11(7)12(14)15)3-2-4-10(8)13/h2-6H,1H3,(H,14,15). The second kappa shape index (κ2) is 3.35. The molecule has 15 heavy (non-hydrogen) atoms. The van der Waals surface area contributed by atoms with Gasteiger partial charge in [0.05, 0.1) is 5.56 Å². The topological polar surface area (TPSA) is 37.3 Å². The molecular formula is C12H9FO2. The van der Waals surface area contributed by atoms with E-state index in [0.29, 0.717) is 16.3 Å². The summed E-state index contributed by atoms with van der Waals surface area (Å²) in [6, 6.07) is 7.68. The number of fused-ring (bicyclic) bond motifs is 1. The lowest BCUT2D eigenvalue weighted by molar-refractivity contribution is 0.0698. The zero-order chi connectivity index (χ0) is 11.0. The first kappa shape index (κ1) is 9.65. The van der Waals surface area contributed by atoms with Crippen molar-refractivity contribution in [2.45, 2.75) is 6.92 Å². The van der Waals surface area contributed by atoms with Crippen molar-refractivity contribution in [1.82, 2.24) is 0 Å². The maximum atomic E-state index is 13.4. The molecular weight excluding hydrogens is 195 g/mol. The number of carboxylic acid groups (broad SMARTS) is 1. The first-order chi connectivity index (χ1) is 7.11.